The number of Topliss-reactive ketones (excluding diaryl/α,β-unsaturated/α-hetero) is 1. The number of nitrogens with two attached hydrogens (primary N) is 1. The number of ketones is 1. The summed E-state index contributed by atoms with van der Waals surface area (Å²) in [6.45, 7) is 3.72. The van der Waals surface area contributed by atoms with Crippen LogP contribution in [0.25, 0.3) is 0 Å². The van der Waals surface area contributed by atoms with Gasteiger partial charge in [-0.25, -0.2) is 0 Å². The number of carbonyl (C=O) groups excluding carboxylic acids is 1. The smallest absolute Gasteiger partial charge is 0.219 e. The molecule has 1 aliphatic carbocycles. The van der Waals surface area contributed by atoms with Gasteiger partial charge >= 0.3 is 0 Å². The van der Waals surface area contributed by atoms with E-state index in [2.05, 4.69) is 27.8 Å². The third-order valence-corrected chi connectivity index (χ3v) is 6.88. The minimum atomic E-state index is -0.504. The highest BCUT2D eigenvalue weighted by molar-refractivity contribution is 8.01. The Morgan fingerprint density at radius 1 is 1.45 bits per heavy atom. The number of nitrogens with zero attached hydrogens (tertiary/aromatic N) is 5. The topological polar surface area (TPSA) is 109 Å². The van der Waals surface area contributed by atoms with Gasteiger partial charge < -0.3 is 5.73 Å². The second kappa shape index (κ2) is 8.19. The van der Waals surface area contributed by atoms with E-state index in [-0.39, 0.29) is 5.78 Å². The van der Waals surface area contributed by atoms with E-state index in [1.54, 1.807) is 29.4 Å². The molecule has 2 aromatic rings. The quantitative estimate of drug-likeness (QED) is 0.576. The molecule has 0 bridgehead atoms. The standard InChI is InChI=1S/C20H18N6OS2/c1-2-9-28-20-25-24-19(29-20)26-14-6-3-7-15(27)17(14)16(13(10-21)18(26)22)12-5-4-8-23-11-12/h2,4-5,8,11,16H,1,3,6-7,9,22H2. The van der Waals surface area contributed by atoms with Crippen molar-refractivity contribution in [2.75, 3.05) is 10.7 Å². The third kappa shape index (κ3) is 3.45. The average molecular weight is 423 g/mol. The van der Waals surface area contributed by atoms with Crippen molar-refractivity contribution in [3.05, 3.63) is 65.4 Å². The van der Waals surface area contributed by atoms with Crippen LogP contribution >= 0.6 is 23.1 Å². The highest BCUT2D eigenvalue weighted by Crippen LogP contribution is 2.46. The first-order valence-corrected chi connectivity index (χ1v) is 10.9. The molecule has 1 atom stereocenters. The first-order chi connectivity index (χ1) is 14.2. The first-order valence-electron chi connectivity index (χ1n) is 9.09. The number of aromatic nitrogens is 3. The van der Waals surface area contributed by atoms with Crippen molar-refractivity contribution in [2.24, 2.45) is 5.73 Å². The summed E-state index contributed by atoms with van der Waals surface area (Å²) in [6.07, 6.45) is 7.03. The SMILES string of the molecule is C=CCSc1nnc(N2C(N)=C(C#N)C(c3cccnc3)C3=C2CCCC3=O)s1. The molecule has 0 radical (unpaired) electrons. The Morgan fingerprint density at radius 2 is 2.31 bits per heavy atom. The van der Waals surface area contributed by atoms with Gasteiger partial charge in [-0.05, 0) is 24.5 Å². The summed E-state index contributed by atoms with van der Waals surface area (Å²) in [4.78, 5) is 18.9. The Hall–Kier alpha value is -2.96. The number of nitriles is 1. The monoisotopic (exact) mass is 422 g/mol. The van der Waals surface area contributed by atoms with Crippen LogP contribution in [0.1, 0.15) is 30.7 Å². The molecule has 1 unspecified atom stereocenters. The van der Waals surface area contributed by atoms with Crippen molar-refractivity contribution in [2.45, 2.75) is 29.5 Å². The van der Waals surface area contributed by atoms with Crippen LogP contribution in [0, 0.1) is 11.3 Å². The van der Waals surface area contributed by atoms with Crippen molar-refractivity contribution in [1.29, 1.82) is 5.26 Å². The molecule has 2 N–H and O–H groups in total. The van der Waals surface area contributed by atoms with Crippen molar-refractivity contribution in [3.8, 4) is 6.07 Å². The minimum absolute atomic E-state index is 0.0381. The molecule has 2 aliphatic rings. The van der Waals surface area contributed by atoms with E-state index in [1.807, 2.05) is 6.07 Å². The Kier molecular flexibility index (Phi) is 5.47. The lowest BCUT2D eigenvalue weighted by molar-refractivity contribution is -0.116. The van der Waals surface area contributed by atoms with Crippen LogP contribution in [0.15, 0.2) is 64.2 Å². The third-order valence-electron chi connectivity index (χ3n) is 4.84. The molecule has 0 fully saturated rings. The molecule has 29 heavy (non-hydrogen) atoms. The van der Waals surface area contributed by atoms with E-state index in [1.165, 1.54) is 23.1 Å². The van der Waals surface area contributed by atoms with Gasteiger partial charge in [0, 0.05) is 35.8 Å². The molecule has 0 saturated heterocycles. The Balaban J connectivity index is 1.87. The van der Waals surface area contributed by atoms with E-state index < -0.39 is 5.92 Å². The zero-order valence-corrected chi connectivity index (χ0v) is 17.2. The van der Waals surface area contributed by atoms with Gasteiger partial charge in [0.15, 0.2) is 10.1 Å². The predicted octanol–water partition coefficient (Wildman–Crippen LogP) is 3.52. The number of rotatable bonds is 5. The highest BCUT2D eigenvalue weighted by Gasteiger charge is 2.41. The number of thioether (sulfide) groups is 1. The molecular weight excluding hydrogens is 404 g/mol. The summed E-state index contributed by atoms with van der Waals surface area (Å²) in [7, 11) is 0. The average Bonchev–Trinajstić information content (AvgIpc) is 3.20. The number of carbonyl (C=O) groups is 1. The summed E-state index contributed by atoms with van der Waals surface area (Å²) in [5, 5.41) is 19.0. The minimum Gasteiger partial charge on any atom is -0.384 e. The highest BCUT2D eigenvalue weighted by atomic mass is 32.2. The number of pyridine rings is 1. The fourth-order valence-corrected chi connectivity index (χ4v) is 5.31. The number of anilines is 1. The molecular formula is C20H18N6OS2. The van der Waals surface area contributed by atoms with Crippen molar-refractivity contribution >= 4 is 34.0 Å². The van der Waals surface area contributed by atoms with Gasteiger partial charge in [-0.1, -0.05) is 35.2 Å². The molecule has 2 aromatic heterocycles. The number of hydrogen-bond donors (Lipinski definition) is 1. The fourth-order valence-electron chi connectivity index (χ4n) is 3.67. The number of hydrogen-bond acceptors (Lipinski definition) is 9. The lowest BCUT2D eigenvalue weighted by Crippen LogP contribution is -2.38. The zero-order chi connectivity index (χ0) is 20.4. The second-order valence-corrected chi connectivity index (χ2v) is 8.78. The predicted molar refractivity (Wildman–Crippen MR) is 113 cm³/mol. The van der Waals surface area contributed by atoms with E-state index in [4.69, 9.17) is 5.73 Å². The van der Waals surface area contributed by atoms with Crippen LogP contribution in [0.3, 0.4) is 0 Å². The van der Waals surface area contributed by atoms with Gasteiger partial charge in [0.05, 0.1) is 17.6 Å². The molecule has 4 rings (SSSR count). The molecule has 0 amide bonds. The van der Waals surface area contributed by atoms with Crippen molar-refractivity contribution in [3.63, 3.8) is 0 Å². The van der Waals surface area contributed by atoms with Gasteiger partial charge in [0.25, 0.3) is 0 Å². The van der Waals surface area contributed by atoms with E-state index in [0.717, 1.165) is 27.8 Å². The summed E-state index contributed by atoms with van der Waals surface area (Å²) in [5.41, 5.74) is 9.03. The maximum Gasteiger partial charge on any atom is 0.219 e. The molecule has 9 heteroatoms. The van der Waals surface area contributed by atoms with Crippen LogP contribution in [-0.2, 0) is 4.79 Å². The van der Waals surface area contributed by atoms with Gasteiger partial charge in [0.1, 0.15) is 5.82 Å². The second-order valence-electron chi connectivity index (χ2n) is 6.55. The van der Waals surface area contributed by atoms with Crippen LogP contribution < -0.4 is 10.6 Å². The van der Waals surface area contributed by atoms with Crippen LogP contribution in [0.5, 0.6) is 0 Å². The van der Waals surface area contributed by atoms with Gasteiger partial charge in [-0.3, -0.25) is 14.7 Å². The normalized spacial score (nSPS) is 19.2. The van der Waals surface area contributed by atoms with Crippen LogP contribution in [-0.4, -0.2) is 26.7 Å². The maximum atomic E-state index is 13.0. The van der Waals surface area contributed by atoms with E-state index >= 15 is 0 Å². The van der Waals surface area contributed by atoms with E-state index in [0.29, 0.717) is 34.9 Å². The first kappa shape index (κ1) is 19.4. The Bertz CT molecular complexity index is 1070. The summed E-state index contributed by atoms with van der Waals surface area (Å²) in [5.74, 6) is 0.552. The zero-order valence-electron chi connectivity index (χ0n) is 15.5. The molecule has 3 heterocycles. The van der Waals surface area contributed by atoms with Crippen molar-refractivity contribution < 1.29 is 4.79 Å². The maximum absolute atomic E-state index is 13.0. The van der Waals surface area contributed by atoms with Crippen molar-refractivity contribution in [1.82, 2.24) is 15.2 Å². The number of allylic oxidation sites excluding steroid dienone is 3. The van der Waals surface area contributed by atoms with Gasteiger partial charge in [0.2, 0.25) is 5.13 Å². The Morgan fingerprint density at radius 3 is 3.03 bits per heavy atom. The largest absolute Gasteiger partial charge is 0.384 e. The molecule has 0 aromatic carbocycles. The molecule has 1 aliphatic heterocycles. The molecule has 7 nitrogen and oxygen atoms in total. The summed E-state index contributed by atoms with van der Waals surface area (Å²) in [6, 6.07) is 5.91. The van der Waals surface area contributed by atoms with Crippen LogP contribution in [0.4, 0.5) is 5.13 Å². The van der Waals surface area contributed by atoms with Crippen LogP contribution in [0.2, 0.25) is 0 Å². The fraction of sp³-hybridized carbons (Fsp3) is 0.250. The summed E-state index contributed by atoms with van der Waals surface area (Å²) >= 11 is 2.91. The van der Waals surface area contributed by atoms with Gasteiger partial charge in [-0.15, -0.1) is 16.8 Å². The Labute approximate surface area is 176 Å². The van der Waals surface area contributed by atoms with E-state index in [9.17, 15) is 10.1 Å². The summed E-state index contributed by atoms with van der Waals surface area (Å²) < 4.78 is 0.782. The molecule has 146 valence electrons. The van der Waals surface area contributed by atoms with Gasteiger partial charge in [-0.2, -0.15) is 5.26 Å². The molecule has 0 spiro atoms. The lowest BCUT2D eigenvalue weighted by atomic mass is 9.76. The lowest BCUT2D eigenvalue weighted by Gasteiger charge is -2.37. The molecule has 0 saturated carbocycles.